The van der Waals surface area contributed by atoms with Gasteiger partial charge >= 0.3 is 0 Å². The van der Waals surface area contributed by atoms with Gasteiger partial charge in [0.25, 0.3) is 0 Å². The van der Waals surface area contributed by atoms with Crippen LogP contribution in [0.25, 0.3) is 0 Å². The van der Waals surface area contributed by atoms with E-state index in [1.165, 1.54) is 5.56 Å². The van der Waals surface area contributed by atoms with Crippen LogP contribution in [-0.2, 0) is 0 Å². The van der Waals surface area contributed by atoms with Crippen LogP contribution in [0, 0.1) is 6.92 Å². The van der Waals surface area contributed by atoms with Crippen molar-refractivity contribution in [3.63, 3.8) is 0 Å². The zero-order chi connectivity index (χ0) is 19.2. The van der Waals surface area contributed by atoms with Gasteiger partial charge in [0, 0.05) is 25.2 Å². The molecular formula is C21H33IN4O. The van der Waals surface area contributed by atoms with Crippen molar-refractivity contribution in [2.75, 3.05) is 13.6 Å². The third-order valence-electron chi connectivity index (χ3n) is 4.37. The van der Waals surface area contributed by atoms with E-state index >= 15 is 0 Å². The molecule has 1 aromatic carbocycles. The number of hydrogen-bond donors (Lipinski definition) is 3. The summed E-state index contributed by atoms with van der Waals surface area (Å²) < 4.78 is 5.68. The molecule has 2 rings (SSSR count). The number of guanidine groups is 1. The zero-order valence-electron chi connectivity index (χ0n) is 17.2. The Hall–Kier alpha value is -1.54. The quantitative estimate of drug-likeness (QED) is 0.306. The van der Waals surface area contributed by atoms with Crippen LogP contribution in [0.3, 0.4) is 0 Å². The molecule has 0 aliphatic carbocycles. The van der Waals surface area contributed by atoms with E-state index in [1.807, 2.05) is 25.1 Å². The number of nitrogens with zero attached hydrogens (tertiary/aromatic N) is 1. The van der Waals surface area contributed by atoms with Crippen LogP contribution in [0.15, 0.2) is 51.9 Å². The molecule has 0 aliphatic rings. The van der Waals surface area contributed by atoms with Crippen molar-refractivity contribution in [3.05, 3.63) is 59.5 Å². The second-order valence-corrected chi connectivity index (χ2v) is 7.40. The van der Waals surface area contributed by atoms with Crippen LogP contribution >= 0.6 is 24.0 Å². The van der Waals surface area contributed by atoms with E-state index in [4.69, 9.17) is 4.42 Å². The van der Waals surface area contributed by atoms with E-state index in [0.717, 1.165) is 24.0 Å². The lowest BCUT2D eigenvalue weighted by molar-refractivity contribution is 0.344. The van der Waals surface area contributed by atoms with E-state index in [1.54, 1.807) is 7.05 Å². The van der Waals surface area contributed by atoms with Crippen molar-refractivity contribution in [3.8, 4) is 0 Å². The largest absolute Gasteiger partial charge is 0.464 e. The Morgan fingerprint density at radius 3 is 2.30 bits per heavy atom. The highest BCUT2D eigenvalue weighted by Gasteiger charge is 2.21. The Kier molecular flexibility index (Phi) is 9.32. The second kappa shape index (κ2) is 10.7. The van der Waals surface area contributed by atoms with Crippen molar-refractivity contribution in [1.29, 1.82) is 0 Å². The van der Waals surface area contributed by atoms with Crippen LogP contribution in [0.4, 0.5) is 0 Å². The van der Waals surface area contributed by atoms with Crippen molar-refractivity contribution in [1.82, 2.24) is 16.0 Å². The molecule has 0 spiro atoms. The minimum Gasteiger partial charge on any atom is -0.464 e. The summed E-state index contributed by atoms with van der Waals surface area (Å²) in [5, 5.41) is 10.5. The van der Waals surface area contributed by atoms with E-state index in [9.17, 15) is 0 Å². The van der Waals surface area contributed by atoms with Crippen molar-refractivity contribution < 1.29 is 4.42 Å². The molecule has 150 valence electrons. The first-order valence-corrected chi connectivity index (χ1v) is 9.17. The van der Waals surface area contributed by atoms with E-state index in [0.29, 0.717) is 0 Å². The first kappa shape index (κ1) is 23.5. The maximum absolute atomic E-state index is 5.68. The number of benzene rings is 1. The summed E-state index contributed by atoms with van der Waals surface area (Å²) in [4.78, 5) is 4.33. The average Bonchev–Trinajstić information content (AvgIpc) is 3.05. The standard InChI is InChI=1S/C21H32N4O.HI/c1-15-12-13-19(26-15)17(3)24-20(22-6)23-14-21(4,5)25-16(2)18-10-8-7-9-11-18;/h7-13,16-17,25H,14H2,1-6H3,(H2,22,23,24);1H. The van der Waals surface area contributed by atoms with Crippen LogP contribution in [-0.4, -0.2) is 25.1 Å². The molecule has 0 saturated carbocycles. The maximum atomic E-state index is 5.68. The average molecular weight is 484 g/mol. The summed E-state index contributed by atoms with van der Waals surface area (Å²) in [5.74, 6) is 2.58. The minimum absolute atomic E-state index is 0. The van der Waals surface area contributed by atoms with Crippen molar-refractivity contribution in [2.24, 2.45) is 4.99 Å². The molecular weight excluding hydrogens is 451 g/mol. The third kappa shape index (κ3) is 7.54. The van der Waals surface area contributed by atoms with Crippen LogP contribution in [0.1, 0.15) is 56.9 Å². The van der Waals surface area contributed by atoms with E-state index in [-0.39, 0.29) is 41.6 Å². The van der Waals surface area contributed by atoms with Crippen molar-refractivity contribution in [2.45, 2.75) is 52.2 Å². The normalized spacial score (nSPS) is 14.2. The Labute approximate surface area is 180 Å². The van der Waals surface area contributed by atoms with Gasteiger partial charge in [0.15, 0.2) is 5.96 Å². The summed E-state index contributed by atoms with van der Waals surface area (Å²) in [7, 11) is 1.78. The maximum Gasteiger partial charge on any atom is 0.191 e. The number of nitrogens with one attached hydrogen (secondary N) is 3. The summed E-state index contributed by atoms with van der Waals surface area (Å²) in [6.07, 6.45) is 0. The topological polar surface area (TPSA) is 61.6 Å². The highest BCUT2D eigenvalue weighted by Crippen LogP contribution is 2.17. The fourth-order valence-corrected chi connectivity index (χ4v) is 2.92. The van der Waals surface area contributed by atoms with Gasteiger partial charge in [-0.15, -0.1) is 24.0 Å². The molecule has 2 atom stereocenters. The Morgan fingerprint density at radius 2 is 1.74 bits per heavy atom. The Morgan fingerprint density at radius 1 is 1.07 bits per heavy atom. The number of hydrogen-bond acceptors (Lipinski definition) is 3. The molecule has 6 heteroatoms. The van der Waals surface area contributed by atoms with Gasteiger partial charge in [0.05, 0.1) is 6.04 Å². The number of aliphatic imine (C=N–C) groups is 1. The summed E-state index contributed by atoms with van der Waals surface area (Å²) in [6, 6.07) is 14.8. The summed E-state index contributed by atoms with van der Waals surface area (Å²) in [6.45, 7) is 11.3. The zero-order valence-corrected chi connectivity index (χ0v) is 19.5. The molecule has 0 aliphatic heterocycles. The summed E-state index contributed by atoms with van der Waals surface area (Å²) in [5.41, 5.74) is 1.18. The molecule has 0 radical (unpaired) electrons. The van der Waals surface area contributed by atoms with Gasteiger partial charge < -0.3 is 20.4 Å². The van der Waals surface area contributed by atoms with E-state index < -0.39 is 0 Å². The van der Waals surface area contributed by atoms with Gasteiger partial charge in [0.1, 0.15) is 11.5 Å². The molecule has 0 bridgehead atoms. The Bertz CT molecular complexity index is 712. The predicted molar refractivity (Wildman–Crippen MR) is 124 cm³/mol. The van der Waals surface area contributed by atoms with Crippen LogP contribution in [0.5, 0.6) is 0 Å². The van der Waals surface area contributed by atoms with Crippen LogP contribution in [0.2, 0.25) is 0 Å². The lowest BCUT2D eigenvalue weighted by atomic mass is 10.0. The van der Waals surface area contributed by atoms with Gasteiger partial charge in [0.2, 0.25) is 0 Å². The first-order chi connectivity index (χ1) is 12.3. The molecule has 27 heavy (non-hydrogen) atoms. The fourth-order valence-electron chi connectivity index (χ4n) is 2.92. The van der Waals surface area contributed by atoms with Gasteiger partial charge in [-0.05, 0) is 52.3 Å². The van der Waals surface area contributed by atoms with Crippen LogP contribution < -0.4 is 16.0 Å². The van der Waals surface area contributed by atoms with Gasteiger partial charge in [-0.3, -0.25) is 4.99 Å². The van der Waals surface area contributed by atoms with Gasteiger partial charge in [-0.1, -0.05) is 30.3 Å². The highest BCUT2D eigenvalue weighted by atomic mass is 127. The lowest BCUT2D eigenvalue weighted by Crippen LogP contribution is -2.52. The molecule has 1 aromatic heterocycles. The molecule has 2 aromatic rings. The van der Waals surface area contributed by atoms with Crippen molar-refractivity contribution >= 4 is 29.9 Å². The SMILES string of the molecule is CN=C(NCC(C)(C)NC(C)c1ccccc1)NC(C)c1ccc(C)o1.I. The second-order valence-electron chi connectivity index (χ2n) is 7.40. The number of halogens is 1. The lowest BCUT2D eigenvalue weighted by Gasteiger charge is -2.31. The molecule has 0 saturated heterocycles. The molecule has 1 heterocycles. The Balaban J connectivity index is 0.00000364. The van der Waals surface area contributed by atoms with Gasteiger partial charge in [-0.2, -0.15) is 0 Å². The number of aryl methyl sites for hydroxylation is 1. The van der Waals surface area contributed by atoms with E-state index in [2.05, 4.69) is 72.9 Å². The minimum atomic E-state index is -0.0998. The molecule has 3 N–H and O–H groups in total. The number of rotatable bonds is 7. The molecule has 5 nitrogen and oxygen atoms in total. The monoisotopic (exact) mass is 484 g/mol. The predicted octanol–water partition coefficient (Wildman–Crippen LogP) is 4.56. The fraction of sp³-hybridized carbons (Fsp3) is 0.476. The first-order valence-electron chi connectivity index (χ1n) is 9.17. The van der Waals surface area contributed by atoms with Gasteiger partial charge in [-0.25, -0.2) is 0 Å². The summed E-state index contributed by atoms with van der Waals surface area (Å²) >= 11 is 0. The molecule has 0 fully saturated rings. The highest BCUT2D eigenvalue weighted by molar-refractivity contribution is 14.0. The molecule has 0 amide bonds. The smallest absolute Gasteiger partial charge is 0.191 e. The third-order valence-corrected chi connectivity index (χ3v) is 4.37. The number of furan rings is 1. The molecule has 2 unspecified atom stereocenters.